The van der Waals surface area contributed by atoms with E-state index in [1.165, 1.54) is 0 Å². The number of carbonyl (C=O) groups excluding carboxylic acids is 1. The Kier molecular flexibility index (Phi) is 2.96. The summed E-state index contributed by atoms with van der Waals surface area (Å²) in [4.78, 5) is 15.3. The van der Waals surface area contributed by atoms with Crippen LogP contribution in [0.15, 0.2) is 48.8 Å². The Balaban J connectivity index is 2.31. The van der Waals surface area contributed by atoms with Gasteiger partial charge in [-0.1, -0.05) is 12.1 Å². The van der Waals surface area contributed by atoms with Crippen molar-refractivity contribution in [3.63, 3.8) is 0 Å². The number of pyridine rings is 1. The molecule has 0 spiro atoms. The Morgan fingerprint density at radius 3 is 2.50 bits per heavy atom. The predicted molar refractivity (Wildman–Crippen MR) is 64.0 cm³/mol. The van der Waals surface area contributed by atoms with Crippen LogP contribution in [0.5, 0.6) is 0 Å². The van der Waals surface area contributed by atoms with Gasteiger partial charge >= 0.3 is 0 Å². The Hall–Kier alpha value is -2.16. The van der Waals surface area contributed by atoms with Crippen molar-refractivity contribution in [2.24, 2.45) is 0 Å². The number of para-hydroxylation sites is 1. The molecule has 0 aliphatic carbocycles. The molecule has 0 bridgehead atoms. The number of nitrogens with one attached hydrogen (secondary N) is 1. The molecule has 3 heteroatoms. The number of Topliss-reactive ketones (excluding diaryl/α,β-unsaturated/α-hetero) is 1. The Morgan fingerprint density at radius 1 is 1.12 bits per heavy atom. The molecule has 0 amide bonds. The summed E-state index contributed by atoms with van der Waals surface area (Å²) < 4.78 is 0. The molecule has 0 radical (unpaired) electrons. The summed E-state index contributed by atoms with van der Waals surface area (Å²) in [5, 5.41) is 3.19. The number of rotatable bonds is 3. The number of anilines is 2. The molecule has 1 N–H and O–H groups in total. The van der Waals surface area contributed by atoms with Crippen LogP contribution < -0.4 is 5.32 Å². The van der Waals surface area contributed by atoms with Gasteiger partial charge in [0.15, 0.2) is 5.78 Å². The van der Waals surface area contributed by atoms with Crippen LogP contribution in [0.1, 0.15) is 17.3 Å². The van der Waals surface area contributed by atoms with Crippen molar-refractivity contribution in [2.45, 2.75) is 6.92 Å². The van der Waals surface area contributed by atoms with Crippen LogP contribution in [0.4, 0.5) is 11.4 Å². The van der Waals surface area contributed by atoms with Crippen molar-refractivity contribution < 1.29 is 4.79 Å². The molecule has 16 heavy (non-hydrogen) atoms. The first kappa shape index (κ1) is 10.4. The maximum Gasteiger partial charge on any atom is 0.161 e. The van der Waals surface area contributed by atoms with Crippen LogP contribution in [0.25, 0.3) is 0 Å². The topological polar surface area (TPSA) is 42.0 Å². The van der Waals surface area contributed by atoms with Crippen molar-refractivity contribution in [1.82, 2.24) is 4.98 Å². The summed E-state index contributed by atoms with van der Waals surface area (Å²) in [7, 11) is 0. The summed E-state index contributed by atoms with van der Waals surface area (Å²) >= 11 is 0. The molecule has 0 unspecified atom stereocenters. The average molecular weight is 212 g/mol. The highest BCUT2D eigenvalue weighted by molar-refractivity contribution is 6.00. The molecule has 0 aliphatic heterocycles. The van der Waals surface area contributed by atoms with E-state index in [9.17, 15) is 4.79 Å². The van der Waals surface area contributed by atoms with E-state index in [0.29, 0.717) is 5.56 Å². The SMILES string of the molecule is CC(=O)c1ccccc1Nc1ccncc1. The largest absolute Gasteiger partial charge is 0.355 e. The normalized spacial score (nSPS) is 9.81. The molecule has 0 aliphatic rings. The number of ketones is 1. The Labute approximate surface area is 94.1 Å². The molecule has 80 valence electrons. The van der Waals surface area contributed by atoms with Gasteiger partial charge in [-0.3, -0.25) is 9.78 Å². The summed E-state index contributed by atoms with van der Waals surface area (Å²) in [5.74, 6) is 0.0529. The lowest BCUT2D eigenvalue weighted by Crippen LogP contribution is -1.99. The van der Waals surface area contributed by atoms with Crippen LogP contribution in [0, 0.1) is 0 Å². The standard InChI is InChI=1S/C13H12N2O/c1-10(16)12-4-2-3-5-13(12)15-11-6-8-14-9-7-11/h2-9H,1H3,(H,14,15). The smallest absolute Gasteiger partial charge is 0.161 e. The number of hydrogen-bond donors (Lipinski definition) is 1. The Morgan fingerprint density at radius 2 is 1.81 bits per heavy atom. The quantitative estimate of drug-likeness (QED) is 0.795. The van der Waals surface area contributed by atoms with Crippen LogP contribution in [0.3, 0.4) is 0 Å². The molecule has 0 saturated carbocycles. The van der Waals surface area contributed by atoms with Crippen molar-refractivity contribution in [3.05, 3.63) is 54.4 Å². The molecule has 0 saturated heterocycles. The van der Waals surface area contributed by atoms with Gasteiger partial charge in [0.2, 0.25) is 0 Å². The lowest BCUT2D eigenvalue weighted by Gasteiger charge is -2.09. The van der Waals surface area contributed by atoms with Crippen LogP contribution >= 0.6 is 0 Å². The number of benzene rings is 1. The van der Waals surface area contributed by atoms with Gasteiger partial charge in [0.05, 0.1) is 0 Å². The molecule has 3 nitrogen and oxygen atoms in total. The van der Waals surface area contributed by atoms with Crippen LogP contribution in [0.2, 0.25) is 0 Å². The molecule has 1 heterocycles. The third-order valence-electron chi connectivity index (χ3n) is 2.27. The van der Waals surface area contributed by atoms with Gasteiger partial charge in [-0.25, -0.2) is 0 Å². The van der Waals surface area contributed by atoms with E-state index in [-0.39, 0.29) is 5.78 Å². The van der Waals surface area contributed by atoms with E-state index in [0.717, 1.165) is 11.4 Å². The average Bonchev–Trinajstić information content (AvgIpc) is 2.31. The second-order valence-corrected chi connectivity index (χ2v) is 3.46. The number of nitrogens with zero attached hydrogens (tertiary/aromatic N) is 1. The van der Waals surface area contributed by atoms with Gasteiger partial charge < -0.3 is 5.32 Å². The van der Waals surface area contributed by atoms with Gasteiger partial charge in [0.25, 0.3) is 0 Å². The minimum absolute atomic E-state index is 0.0529. The third kappa shape index (κ3) is 2.25. The van der Waals surface area contributed by atoms with Crippen LogP contribution in [-0.2, 0) is 0 Å². The minimum atomic E-state index is 0.0529. The summed E-state index contributed by atoms with van der Waals surface area (Å²) in [6, 6.07) is 11.2. The molecular formula is C13H12N2O. The van der Waals surface area contributed by atoms with Gasteiger partial charge in [-0.15, -0.1) is 0 Å². The van der Waals surface area contributed by atoms with E-state index in [4.69, 9.17) is 0 Å². The zero-order valence-corrected chi connectivity index (χ0v) is 8.97. The summed E-state index contributed by atoms with van der Waals surface area (Å²) in [5.41, 5.74) is 2.43. The van der Waals surface area contributed by atoms with Gasteiger partial charge in [0, 0.05) is 29.3 Å². The van der Waals surface area contributed by atoms with Crippen LogP contribution in [-0.4, -0.2) is 10.8 Å². The lowest BCUT2D eigenvalue weighted by molar-refractivity contribution is 0.101. The lowest BCUT2D eigenvalue weighted by atomic mass is 10.1. The fraction of sp³-hybridized carbons (Fsp3) is 0.0769. The maximum atomic E-state index is 11.4. The molecule has 2 rings (SSSR count). The fourth-order valence-electron chi connectivity index (χ4n) is 1.49. The maximum absolute atomic E-state index is 11.4. The molecular weight excluding hydrogens is 200 g/mol. The first-order chi connectivity index (χ1) is 7.77. The highest BCUT2D eigenvalue weighted by atomic mass is 16.1. The highest BCUT2D eigenvalue weighted by Crippen LogP contribution is 2.20. The van der Waals surface area contributed by atoms with E-state index in [1.54, 1.807) is 19.3 Å². The predicted octanol–water partition coefficient (Wildman–Crippen LogP) is 3.03. The monoisotopic (exact) mass is 212 g/mol. The van der Waals surface area contributed by atoms with Crippen molar-refractivity contribution in [3.8, 4) is 0 Å². The third-order valence-corrected chi connectivity index (χ3v) is 2.27. The zero-order valence-electron chi connectivity index (χ0n) is 8.97. The van der Waals surface area contributed by atoms with Gasteiger partial charge in [0.1, 0.15) is 0 Å². The van der Waals surface area contributed by atoms with Gasteiger partial charge in [-0.05, 0) is 31.2 Å². The number of hydrogen-bond acceptors (Lipinski definition) is 3. The number of aromatic nitrogens is 1. The molecule has 1 aromatic carbocycles. The van der Waals surface area contributed by atoms with Gasteiger partial charge in [-0.2, -0.15) is 0 Å². The highest BCUT2D eigenvalue weighted by Gasteiger charge is 2.05. The molecule has 0 atom stereocenters. The van der Waals surface area contributed by atoms with E-state index >= 15 is 0 Å². The fourth-order valence-corrected chi connectivity index (χ4v) is 1.49. The van der Waals surface area contributed by atoms with E-state index < -0.39 is 0 Å². The van der Waals surface area contributed by atoms with E-state index in [2.05, 4.69) is 10.3 Å². The molecule has 1 aromatic heterocycles. The Bertz CT molecular complexity index is 494. The summed E-state index contributed by atoms with van der Waals surface area (Å²) in [6.07, 6.45) is 3.41. The van der Waals surface area contributed by atoms with Crippen molar-refractivity contribution in [1.29, 1.82) is 0 Å². The second-order valence-electron chi connectivity index (χ2n) is 3.46. The minimum Gasteiger partial charge on any atom is -0.355 e. The molecule has 0 fully saturated rings. The van der Waals surface area contributed by atoms with E-state index in [1.807, 2.05) is 36.4 Å². The second kappa shape index (κ2) is 4.57. The molecule has 2 aromatic rings. The number of carbonyl (C=O) groups is 1. The summed E-state index contributed by atoms with van der Waals surface area (Å²) in [6.45, 7) is 1.56. The first-order valence-electron chi connectivity index (χ1n) is 5.04. The first-order valence-corrected chi connectivity index (χ1v) is 5.04. The van der Waals surface area contributed by atoms with Crippen molar-refractivity contribution >= 4 is 17.2 Å². The zero-order chi connectivity index (χ0) is 11.4. The van der Waals surface area contributed by atoms with Crippen molar-refractivity contribution in [2.75, 3.05) is 5.32 Å².